The second-order valence-electron chi connectivity index (χ2n) is 5.22. The van der Waals surface area contributed by atoms with Crippen LogP contribution < -0.4 is 5.32 Å². The molecule has 2 rings (SSSR count). The van der Waals surface area contributed by atoms with E-state index in [1.807, 2.05) is 24.3 Å². The van der Waals surface area contributed by atoms with E-state index in [1.54, 1.807) is 11.8 Å². The minimum Gasteiger partial charge on any atom is -0.349 e. The number of hydrogen-bond acceptors (Lipinski definition) is 2. The predicted molar refractivity (Wildman–Crippen MR) is 77.9 cm³/mol. The minimum absolute atomic E-state index is 0.0739. The van der Waals surface area contributed by atoms with E-state index in [-0.39, 0.29) is 5.91 Å². The first-order valence-corrected chi connectivity index (χ1v) is 7.97. The highest BCUT2D eigenvalue weighted by Crippen LogP contribution is 2.24. The Labute approximate surface area is 114 Å². The van der Waals surface area contributed by atoms with E-state index >= 15 is 0 Å². The maximum Gasteiger partial charge on any atom is 0.251 e. The molecule has 2 unspecified atom stereocenters. The number of carbonyl (C=O) groups is 1. The van der Waals surface area contributed by atoms with E-state index in [1.165, 1.54) is 12.0 Å². The fourth-order valence-electron chi connectivity index (χ4n) is 2.53. The first-order chi connectivity index (χ1) is 8.69. The summed E-state index contributed by atoms with van der Waals surface area (Å²) in [5.41, 5.74) is 2.05. The molecule has 0 aromatic heterocycles. The summed E-state index contributed by atoms with van der Waals surface area (Å²) in [7, 11) is 0. The van der Waals surface area contributed by atoms with Crippen molar-refractivity contribution in [1.29, 1.82) is 0 Å². The maximum absolute atomic E-state index is 12.1. The van der Waals surface area contributed by atoms with Gasteiger partial charge in [0.25, 0.3) is 5.91 Å². The van der Waals surface area contributed by atoms with Crippen LogP contribution in [0.1, 0.15) is 42.1 Å². The van der Waals surface area contributed by atoms with Gasteiger partial charge in [0.2, 0.25) is 0 Å². The Bertz CT molecular complexity index is 401. The van der Waals surface area contributed by atoms with Crippen molar-refractivity contribution >= 4 is 17.7 Å². The minimum atomic E-state index is 0.0739. The van der Waals surface area contributed by atoms with E-state index in [0.717, 1.165) is 30.1 Å². The number of thioether (sulfide) groups is 1. The normalized spacial score (nSPS) is 23.0. The summed E-state index contributed by atoms with van der Waals surface area (Å²) < 4.78 is 0. The van der Waals surface area contributed by atoms with Crippen molar-refractivity contribution in [3.63, 3.8) is 0 Å². The molecule has 2 nitrogen and oxygen atoms in total. The molecule has 3 heteroatoms. The molecule has 0 spiro atoms. The van der Waals surface area contributed by atoms with Crippen molar-refractivity contribution in [2.24, 2.45) is 5.92 Å². The number of carbonyl (C=O) groups excluding carboxylic acids is 1. The van der Waals surface area contributed by atoms with Crippen LogP contribution in [-0.4, -0.2) is 18.2 Å². The Morgan fingerprint density at radius 3 is 2.61 bits per heavy atom. The number of hydrogen-bond donors (Lipinski definition) is 1. The molecule has 1 aromatic rings. The van der Waals surface area contributed by atoms with Gasteiger partial charge < -0.3 is 5.32 Å². The van der Waals surface area contributed by atoms with Gasteiger partial charge in [-0.05, 0) is 49.1 Å². The lowest BCUT2D eigenvalue weighted by atomic mass is 10.1. The number of rotatable bonds is 4. The molecule has 98 valence electrons. The van der Waals surface area contributed by atoms with Gasteiger partial charge in [-0.25, -0.2) is 0 Å². The van der Waals surface area contributed by atoms with Crippen molar-refractivity contribution in [3.8, 4) is 0 Å². The second kappa shape index (κ2) is 6.28. The highest BCUT2D eigenvalue weighted by atomic mass is 32.2. The SMILES string of the molecule is CSCc1ccc(C(=O)NC2CCC(C)C2)cc1. The predicted octanol–water partition coefficient (Wildman–Crippen LogP) is 3.47. The molecule has 0 radical (unpaired) electrons. The number of amides is 1. The van der Waals surface area contributed by atoms with E-state index < -0.39 is 0 Å². The van der Waals surface area contributed by atoms with Crippen LogP contribution in [0, 0.1) is 5.92 Å². The molecular weight excluding hydrogens is 242 g/mol. The molecule has 1 amide bonds. The first kappa shape index (κ1) is 13.5. The third-order valence-electron chi connectivity index (χ3n) is 3.56. The highest BCUT2D eigenvalue weighted by molar-refractivity contribution is 7.97. The van der Waals surface area contributed by atoms with Gasteiger partial charge in [-0.15, -0.1) is 0 Å². The average molecular weight is 263 g/mol. The summed E-state index contributed by atoms with van der Waals surface area (Å²) in [4.78, 5) is 12.1. The van der Waals surface area contributed by atoms with Crippen molar-refractivity contribution < 1.29 is 4.79 Å². The zero-order valence-corrected chi connectivity index (χ0v) is 11.9. The van der Waals surface area contributed by atoms with Gasteiger partial charge in [-0.1, -0.05) is 19.1 Å². The summed E-state index contributed by atoms with van der Waals surface area (Å²) in [6, 6.07) is 8.32. The average Bonchev–Trinajstić information content (AvgIpc) is 2.76. The van der Waals surface area contributed by atoms with Crippen LogP contribution in [0.5, 0.6) is 0 Å². The standard InChI is InChI=1S/C15H21NOS/c1-11-3-8-14(9-11)16-15(17)13-6-4-12(5-7-13)10-18-2/h4-7,11,14H,3,8-10H2,1-2H3,(H,16,17). The van der Waals surface area contributed by atoms with Crippen molar-refractivity contribution in [2.75, 3.05) is 6.26 Å². The third-order valence-corrected chi connectivity index (χ3v) is 4.18. The fourth-order valence-corrected chi connectivity index (χ4v) is 3.05. The quantitative estimate of drug-likeness (QED) is 0.901. The monoisotopic (exact) mass is 263 g/mol. The Morgan fingerprint density at radius 2 is 2.06 bits per heavy atom. The highest BCUT2D eigenvalue weighted by Gasteiger charge is 2.22. The molecule has 1 N–H and O–H groups in total. The van der Waals surface area contributed by atoms with Crippen LogP contribution in [0.15, 0.2) is 24.3 Å². The van der Waals surface area contributed by atoms with Gasteiger partial charge in [0.05, 0.1) is 0 Å². The van der Waals surface area contributed by atoms with E-state index in [9.17, 15) is 4.79 Å². The molecule has 1 saturated carbocycles. The molecule has 0 aliphatic heterocycles. The number of nitrogens with one attached hydrogen (secondary N) is 1. The Kier molecular flexibility index (Phi) is 4.70. The lowest BCUT2D eigenvalue weighted by Crippen LogP contribution is -2.32. The van der Waals surface area contributed by atoms with Crippen molar-refractivity contribution in [3.05, 3.63) is 35.4 Å². The molecule has 1 aliphatic carbocycles. The van der Waals surface area contributed by atoms with Gasteiger partial charge in [-0.3, -0.25) is 4.79 Å². The van der Waals surface area contributed by atoms with Gasteiger partial charge in [-0.2, -0.15) is 11.8 Å². The third kappa shape index (κ3) is 3.52. The summed E-state index contributed by atoms with van der Waals surface area (Å²) in [5.74, 6) is 1.83. The van der Waals surface area contributed by atoms with Crippen LogP contribution >= 0.6 is 11.8 Å². The van der Waals surface area contributed by atoms with Crippen LogP contribution in [0.3, 0.4) is 0 Å². The largest absolute Gasteiger partial charge is 0.349 e. The van der Waals surface area contributed by atoms with Gasteiger partial charge >= 0.3 is 0 Å². The fraction of sp³-hybridized carbons (Fsp3) is 0.533. The molecule has 1 aromatic carbocycles. The molecule has 0 heterocycles. The molecule has 0 bridgehead atoms. The van der Waals surface area contributed by atoms with Crippen LogP contribution in [0.25, 0.3) is 0 Å². The molecular formula is C15H21NOS. The first-order valence-electron chi connectivity index (χ1n) is 6.57. The van der Waals surface area contributed by atoms with Gasteiger partial charge in [0.15, 0.2) is 0 Å². The zero-order chi connectivity index (χ0) is 13.0. The van der Waals surface area contributed by atoms with Crippen LogP contribution in [0.2, 0.25) is 0 Å². The molecule has 0 saturated heterocycles. The van der Waals surface area contributed by atoms with E-state index in [4.69, 9.17) is 0 Å². The summed E-state index contributed by atoms with van der Waals surface area (Å²) in [6.45, 7) is 2.25. The maximum atomic E-state index is 12.1. The van der Waals surface area contributed by atoms with Crippen LogP contribution in [0.4, 0.5) is 0 Å². The second-order valence-corrected chi connectivity index (χ2v) is 6.08. The zero-order valence-electron chi connectivity index (χ0n) is 11.1. The molecule has 1 fully saturated rings. The lowest BCUT2D eigenvalue weighted by Gasteiger charge is -2.12. The molecule has 2 atom stereocenters. The topological polar surface area (TPSA) is 29.1 Å². The Hall–Kier alpha value is -0.960. The summed E-state index contributed by atoms with van der Waals surface area (Å²) in [5, 5.41) is 3.13. The van der Waals surface area contributed by atoms with E-state index in [2.05, 4.69) is 18.5 Å². The number of benzene rings is 1. The lowest BCUT2D eigenvalue weighted by molar-refractivity contribution is 0.0937. The van der Waals surface area contributed by atoms with Crippen molar-refractivity contribution in [2.45, 2.75) is 38.0 Å². The van der Waals surface area contributed by atoms with Gasteiger partial charge in [0.1, 0.15) is 0 Å². The van der Waals surface area contributed by atoms with Gasteiger partial charge in [0, 0.05) is 17.4 Å². The smallest absolute Gasteiger partial charge is 0.251 e. The Balaban J connectivity index is 1.92. The van der Waals surface area contributed by atoms with E-state index in [0.29, 0.717) is 6.04 Å². The Morgan fingerprint density at radius 1 is 1.33 bits per heavy atom. The van der Waals surface area contributed by atoms with Crippen LogP contribution in [-0.2, 0) is 5.75 Å². The summed E-state index contributed by atoms with van der Waals surface area (Å²) >= 11 is 1.79. The molecule has 18 heavy (non-hydrogen) atoms. The van der Waals surface area contributed by atoms with Crippen molar-refractivity contribution in [1.82, 2.24) is 5.32 Å². The molecule has 1 aliphatic rings. The summed E-state index contributed by atoms with van der Waals surface area (Å²) in [6.07, 6.45) is 5.56.